The molecule has 1 aliphatic rings. The molecule has 182 valence electrons. The summed E-state index contributed by atoms with van der Waals surface area (Å²) < 4.78 is 0. The second-order valence-corrected chi connectivity index (χ2v) is 9.40. The predicted molar refractivity (Wildman–Crippen MR) is 140 cm³/mol. The lowest BCUT2D eigenvalue weighted by Gasteiger charge is -2.32. The molecule has 0 aliphatic carbocycles. The Morgan fingerprint density at radius 3 is 2.34 bits per heavy atom. The van der Waals surface area contributed by atoms with Gasteiger partial charge in [-0.15, -0.1) is 0 Å². The smallest absolute Gasteiger partial charge is 0.259 e. The van der Waals surface area contributed by atoms with E-state index in [2.05, 4.69) is 5.32 Å². The van der Waals surface area contributed by atoms with E-state index in [0.717, 1.165) is 28.4 Å². The van der Waals surface area contributed by atoms with Gasteiger partial charge >= 0.3 is 0 Å². The molecule has 0 saturated heterocycles. The molecule has 7 heteroatoms. The molecule has 6 nitrogen and oxygen atoms in total. The number of benzene rings is 3. The molecule has 3 amide bonds. The van der Waals surface area contributed by atoms with Gasteiger partial charge in [-0.05, 0) is 55.0 Å². The van der Waals surface area contributed by atoms with Gasteiger partial charge in [0.25, 0.3) is 5.91 Å². The highest BCUT2D eigenvalue weighted by molar-refractivity contribution is 6.30. The van der Waals surface area contributed by atoms with Crippen LogP contribution >= 0.6 is 11.6 Å². The Labute approximate surface area is 210 Å². The molecule has 0 aromatic heterocycles. The number of nitrogens with zero attached hydrogens (tertiary/aromatic N) is 2. The highest BCUT2D eigenvalue weighted by Gasteiger charge is 2.35. The topological polar surface area (TPSA) is 69.7 Å². The monoisotopic (exact) mass is 491 g/mol. The van der Waals surface area contributed by atoms with E-state index in [-0.39, 0.29) is 36.9 Å². The fraction of sp³-hybridized carbons (Fsp3) is 0.321. The molecule has 0 unspecified atom stereocenters. The maximum absolute atomic E-state index is 13.8. The third-order valence-electron chi connectivity index (χ3n) is 6.60. The summed E-state index contributed by atoms with van der Waals surface area (Å²) in [6.07, 6.45) is 1.24. The summed E-state index contributed by atoms with van der Waals surface area (Å²) in [5.41, 5.74) is 2.17. The first-order valence-electron chi connectivity index (χ1n) is 12.0. The molecular formula is C28H30ClN3O3. The first-order valence-corrected chi connectivity index (χ1v) is 12.4. The molecule has 0 radical (unpaired) electrons. The van der Waals surface area contributed by atoms with Crippen molar-refractivity contribution in [3.63, 3.8) is 0 Å². The molecule has 4 rings (SSSR count). The minimum Gasteiger partial charge on any atom is -0.352 e. The fourth-order valence-electron chi connectivity index (χ4n) is 4.51. The van der Waals surface area contributed by atoms with Crippen molar-refractivity contribution in [2.24, 2.45) is 0 Å². The van der Waals surface area contributed by atoms with E-state index in [1.54, 1.807) is 23.1 Å². The third-order valence-corrected chi connectivity index (χ3v) is 6.85. The van der Waals surface area contributed by atoms with Crippen LogP contribution in [-0.2, 0) is 16.1 Å². The van der Waals surface area contributed by atoms with Crippen LogP contribution in [0.5, 0.6) is 0 Å². The number of carbonyl (C=O) groups is 3. The van der Waals surface area contributed by atoms with Gasteiger partial charge < -0.3 is 10.2 Å². The van der Waals surface area contributed by atoms with Crippen LogP contribution in [0.4, 0.5) is 5.69 Å². The summed E-state index contributed by atoms with van der Waals surface area (Å²) in [6, 6.07) is 17.9. The van der Waals surface area contributed by atoms with Crippen LogP contribution in [0.15, 0.2) is 60.7 Å². The zero-order valence-corrected chi connectivity index (χ0v) is 21.0. The molecule has 3 aromatic carbocycles. The van der Waals surface area contributed by atoms with Gasteiger partial charge in [0, 0.05) is 28.6 Å². The zero-order chi connectivity index (χ0) is 25.1. The van der Waals surface area contributed by atoms with Crippen LogP contribution < -0.4 is 10.2 Å². The van der Waals surface area contributed by atoms with Crippen LogP contribution in [0.2, 0.25) is 5.02 Å². The maximum atomic E-state index is 13.8. The van der Waals surface area contributed by atoms with Gasteiger partial charge in [0.15, 0.2) is 0 Å². The number of rotatable bonds is 9. The molecule has 0 bridgehead atoms. The average Bonchev–Trinajstić information content (AvgIpc) is 3.13. The minimum absolute atomic E-state index is 0.00343. The molecular weight excluding hydrogens is 462 g/mol. The Kier molecular flexibility index (Phi) is 7.41. The molecule has 2 atom stereocenters. The number of hydrogen-bond donors (Lipinski definition) is 1. The van der Waals surface area contributed by atoms with Crippen molar-refractivity contribution in [2.75, 3.05) is 11.4 Å². The highest BCUT2D eigenvalue weighted by Crippen LogP contribution is 2.37. The van der Waals surface area contributed by atoms with Gasteiger partial charge in [0.2, 0.25) is 11.8 Å². The standard InChI is InChI=1S/C28H30ClN3O3/c1-4-18(3)30-27(34)23(5-2)31(16-19-12-14-21(29)15-13-19)25(33)17-32-24-11-7-9-20-8-6-10-22(26(20)24)28(32)35/h6-15,18,23H,4-5,16-17H2,1-3H3,(H,30,34)/t18-,23-/m0/s1. The molecule has 1 heterocycles. The molecule has 1 aliphatic heterocycles. The van der Waals surface area contributed by atoms with E-state index in [0.29, 0.717) is 17.0 Å². The summed E-state index contributed by atoms with van der Waals surface area (Å²) in [5, 5.41) is 5.43. The lowest BCUT2D eigenvalue weighted by atomic mass is 10.1. The van der Waals surface area contributed by atoms with Gasteiger partial charge in [-0.1, -0.05) is 61.8 Å². The summed E-state index contributed by atoms with van der Waals surface area (Å²) in [6.45, 7) is 5.92. The maximum Gasteiger partial charge on any atom is 0.259 e. The highest BCUT2D eigenvalue weighted by atomic mass is 35.5. The SMILES string of the molecule is CC[C@H](C)NC(=O)[C@H](CC)N(Cc1ccc(Cl)cc1)C(=O)CN1C(=O)c2cccc3cccc1c23. The number of nitrogens with one attached hydrogen (secondary N) is 1. The number of amides is 3. The van der Waals surface area contributed by atoms with Crippen molar-refractivity contribution < 1.29 is 14.4 Å². The van der Waals surface area contributed by atoms with Crippen LogP contribution in [0, 0.1) is 0 Å². The van der Waals surface area contributed by atoms with E-state index in [4.69, 9.17) is 11.6 Å². The van der Waals surface area contributed by atoms with E-state index in [1.165, 1.54) is 4.90 Å². The van der Waals surface area contributed by atoms with Gasteiger partial charge in [-0.3, -0.25) is 19.3 Å². The predicted octanol–water partition coefficient (Wildman–Crippen LogP) is 5.18. The van der Waals surface area contributed by atoms with Crippen molar-refractivity contribution in [3.8, 4) is 0 Å². The number of hydrogen-bond acceptors (Lipinski definition) is 3. The minimum atomic E-state index is -0.664. The molecule has 1 N–H and O–H groups in total. The summed E-state index contributed by atoms with van der Waals surface area (Å²) in [4.78, 5) is 43.3. The van der Waals surface area contributed by atoms with E-state index >= 15 is 0 Å². The first kappa shape index (κ1) is 24.7. The zero-order valence-electron chi connectivity index (χ0n) is 20.3. The lowest BCUT2D eigenvalue weighted by molar-refractivity contribution is -0.140. The normalized spacial score (nSPS) is 14.2. The number of halogens is 1. The summed E-state index contributed by atoms with van der Waals surface area (Å²) in [7, 11) is 0. The Balaban J connectivity index is 1.64. The van der Waals surface area contributed by atoms with Crippen LogP contribution in [0.3, 0.4) is 0 Å². The van der Waals surface area contributed by atoms with Crippen molar-refractivity contribution in [1.82, 2.24) is 10.2 Å². The lowest BCUT2D eigenvalue weighted by Crippen LogP contribution is -2.53. The third kappa shape index (κ3) is 5.03. The van der Waals surface area contributed by atoms with E-state index < -0.39 is 6.04 Å². The van der Waals surface area contributed by atoms with Crippen molar-refractivity contribution >= 4 is 45.8 Å². The largest absolute Gasteiger partial charge is 0.352 e. The quantitative estimate of drug-likeness (QED) is 0.448. The molecule has 35 heavy (non-hydrogen) atoms. The van der Waals surface area contributed by atoms with Gasteiger partial charge in [-0.2, -0.15) is 0 Å². The second-order valence-electron chi connectivity index (χ2n) is 8.96. The Hall–Kier alpha value is -3.38. The van der Waals surface area contributed by atoms with Crippen LogP contribution in [-0.4, -0.2) is 41.2 Å². The van der Waals surface area contributed by atoms with E-state index in [1.807, 2.05) is 63.2 Å². The molecule has 3 aromatic rings. The Morgan fingerprint density at radius 2 is 1.69 bits per heavy atom. The number of anilines is 1. The molecule has 0 saturated carbocycles. The molecule has 0 fully saturated rings. The van der Waals surface area contributed by atoms with E-state index in [9.17, 15) is 14.4 Å². The van der Waals surface area contributed by atoms with Crippen LogP contribution in [0.1, 0.15) is 49.5 Å². The summed E-state index contributed by atoms with van der Waals surface area (Å²) >= 11 is 6.05. The van der Waals surface area contributed by atoms with Gasteiger partial charge in [0.05, 0.1) is 5.69 Å². The Morgan fingerprint density at radius 1 is 1.00 bits per heavy atom. The average molecular weight is 492 g/mol. The summed E-state index contributed by atoms with van der Waals surface area (Å²) in [5.74, 6) is -0.680. The Bertz CT molecular complexity index is 1250. The second kappa shape index (κ2) is 10.5. The van der Waals surface area contributed by atoms with Gasteiger partial charge in [0.1, 0.15) is 12.6 Å². The van der Waals surface area contributed by atoms with Crippen molar-refractivity contribution in [3.05, 3.63) is 76.8 Å². The van der Waals surface area contributed by atoms with Crippen molar-refractivity contribution in [1.29, 1.82) is 0 Å². The van der Waals surface area contributed by atoms with Gasteiger partial charge in [-0.25, -0.2) is 0 Å². The van der Waals surface area contributed by atoms with Crippen molar-refractivity contribution in [2.45, 2.75) is 52.2 Å². The molecule has 0 spiro atoms. The van der Waals surface area contributed by atoms with Crippen LogP contribution in [0.25, 0.3) is 10.8 Å². The number of carbonyl (C=O) groups excluding carboxylic acids is 3. The fourth-order valence-corrected chi connectivity index (χ4v) is 4.64. The first-order chi connectivity index (χ1) is 16.8.